The molecule has 20 heavy (non-hydrogen) atoms. The third kappa shape index (κ3) is 2.69. The molecule has 0 saturated carbocycles. The lowest BCUT2D eigenvalue weighted by molar-refractivity contribution is 0.138. The van der Waals surface area contributed by atoms with Gasteiger partial charge in [0.15, 0.2) is 0 Å². The zero-order chi connectivity index (χ0) is 14.7. The van der Waals surface area contributed by atoms with Gasteiger partial charge in [-0.3, -0.25) is 4.98 Å². The van der Waals surface area contributed by atoms with Crippen LogP contribution < -0.4 is 5.73 Å². The maximum Gasteiger partial charge on any atom is 0.134 e. The molecule has 5 heteroatoms. The molecule has 0 fully saturated rings. The van der Waals surface area contributed by atoms with Crippen LogP contribution in [-0.4, -0.2) is 16.6 Å². The van der Waals surface area contributed by atoms with Gasteiger partial charge in [0, 0.05) is 24.9 Å². The number of aromatic nitrogens is 1. The van der Waals surface area contributed by atoms with Crippen molar-refractivity contribution in [3.05, 3.63) is 65.0 Å². The SMILES string of the molecule is Cc1ccc(F)c(C(O)C(CN)c2ccncc2)c1F. The van der Waals surface area contributed by atoms with E-state index in [-0.39, 0.29) is 17.7 Å². The summed E-state index contributed by atoms with van der Waals surface area (Å²) in [5.74, 6) is -2.10. The highest BCUT2D eigenvalue weighted by molar-refractivity contribution is 5.32. The smallest absolute Gasteiger partial charge is 0.134 e. The molecular formula is C15H16F2N2O. The molecule has 106 valence electrons. The summed E-state index contributed by atoms with van der Waals surface area (Å²) in [4.78, 5) is 3.87. The summed E-state index contributed by atoms with van der Waals surface area (Å²) in [5.41, 5.74) is 6.29. The fourth-order valence-corrected chi connectivity index (χ4v) is 2.21. The summed E-state index contributed by atoms with van der Waals surface area (Å²) >= 11 is 0. The molecule has 1 aromatic carbocycles. The first-order valence-electron chi connectivity index (χ1n) is 6.28. The molecule has 0 saturated heterocycles. The molecule has 0 aliphatic rings. The number of aliphatic hydroxyl groups excluding tert-OH is 1. The fraction of sp³-hybridized carbons (Fsp3) is 0.267. The van der Waals surface area contributed by atoms with Crippen molar-refractivity contribution in [3.8, 4) is 0 Å². The second kappa shape index (κ2) is 6.07. The molecule has 2 aromatic rings. The number of aryl methyl sites for hydroxylation is 1. The number of benzene rings is 1. The predicted molar refractivity (Wildman–Crippen MR) is 72.1 cm³/mol. The van der Waals surface area contributed by atoms with Crippen LogP contribution in [0.4, 0.5) is 8.78 Å². The van der Waals surface area contributed by atoms with Crippen molar-refractivity contribution in [3.63, 3.8) is 0 Å². The summed E-state index contributed by atoms with van der Waals surface area (Å²) in [5, 5.41) is 10.3. The van der Waals surface area contributed by atoms with E-state index in [1.165, 1.54) is 13.0 Å². The highest BCUT2D eigenvalue weighted by atomic mass is 19.1. The van der Waals surface area contributed by atoms with Gasteiger partial charge in [-0.2, -0.15) is 0 Å². The third-order valence-corrected chi connectivity index (χ3v) is 3.38. The van der Waals surface area contributed by atoms with Crippen molar-refractivity contribution >= 4 is 0 Å². The zero-order valence-electron chi connectivity index (χ0n) is 11.1. The lowest BCUT2D eigenvalue weighted by Gasteiger charge is -2.23. The van der Waals surface area contributed by atoms with E-state index in [1.54, 1.807) is 24.5 Å². The fourth-order valence-electron chi connectivity index (χ4n) is 2.21. The van der Waals surface area contributed by atoms with Gasteiger partial charge in [-0.25, -0.2) is 8.78 Å². The van der Waals surface area contributed by atoms with Crippen LogP contribution in [0.3, 0.4) is 0 Å². The zero-order valence-corrected chi connectivity index (χ0v) is 11.1. The Balaban J connectivity index is 2.44. The molecule has 0 spiro atoms. The van der Waals surface area contributed by atoms with Crippen LogP contribution in [0.5, 0.6) is 0 Å². The molecule has 0 aliphatic heterocycles. The van der Waals surface area contributed by atoms with Crippen molar-refractivity contribution in [1.82, 2.24) is 4.98 Å². The Morgan fingerprint density at radius 1 is 1.20 bits per heavy atom. The van der Waals surface area contributed by atoms with Crippen LogP contribution in [-0.2, 0) is 0 Å². The lowest BCUT2D eigenvalue weighted by Crippen LogP contribution is -2.22. The minimum absolute atomic E-state index is 0.0675. The van der Waals surface area contributed by atoms with Gasteiger partial charge in [-0.1, -0.05) is 6.07 Å². The summed E-state index contributed by atoms with van der Waals surface area (Å²) in [6.45, 7) is 1.59. The first kappa shape index (κ1) is 14.6. The Morgan fingerprint density at radius 2 is 1.85 bits per heavy atom. The molecule has 2 unspecified atom stereocenters. The summed E-state index contributed by atoms with van der Waals surface area (Å²) < 4.78 is 27.9. The van der Waals surface area contributed by atoms with Crippen molar-refractivity contribution in [2.45, 2.75) is 18.9 Å². The number of hydrogen-bond donors (Lipinski definition) is 2. The van der Waals surface area contributed by atoms with Gasteiger partial charge in [-0.15, -0.1) is 0 Å². The lowest BCUT2D eigenvalue weighted by atomic mass is 9.88. The van der Waals surface area contributed by atoms with Gasteiger partial charge in [0.1, 0.15) is 11.6 Å². The second-order valence-electron chi connectivity index (χ2n) is 4.66. The molecule has 1 aromatic heterocycles. The van der Waals surface area contributed by atoms with E-state index in [1.807, 2.05) is 0 Å². The van der Waals surface area contributed by atoms with Gasteiger partial charge >= 0.3 is 0 Å². The van der Waals surface area contributed by atoms with Gasteiger partial charge in [0.2, 0.25) is 0 Å². The van der Waals surface area contributed by atoms with E-state index < -0.39 is 23.7 Å². The summed E-state index contributed by atoms with van der Waals surface area (Å²) in [7, 11) is 0. The number of nitrogens with two attached hydrogens (primary N) is 1. The number of nitrogens with zero attached hydrogens (tertiary/aromatic N) is 1. The van der Waals surface area contributed by atoms with E-state index >= 15 is 0 Å². The highest BCUT2D eigenvalue weighted by Crippen LogP contribution is 2.33. The van der Waals surface area contributed by atoms with Crippen LogP contribution >= 0.6 is 0 Å². The number of rotatable bonds is 4. The van der Waals surface area contributed by atoms with Crippen molar-refractivity contribution in [2.24, 2.45) is 5.73 Å². The van der Waals surface area contributed by atoms with Gasteiger partial charge in [0.25, 0.3) is 0 Å². The van der Waals surface area contributed by atoms with Crippen LogP contribution in [0.25, 0.3) is 0 Å². The first-order valence-corrected chi connectivity index (χ1v) is 6.28. The largest absolute Gasteiger partial charge is 0.388 e. The number of hydrogen-bond acceptors (Lipinski definition) is 3. The van der Waals surface area contributed by atoms with Crippen LogP contribution in [0.15, 0.2) is 36.7 Å². The molecule has 0 bridgehead atoms. The summed E-state index contributed by atoms with van der Waals surface area (Å²) in [6.07, 6.45) is 1.75. The molecule has 3 N–H and O–H groups in total. The van der Waals surface area contributed by atoms with Gasteiger partial charge in [0.05, 0.1) is 11.7 Å². The van der Waals surface area contributed by atoms with E-state index in [9.17, 15) is 13.9 Å². The van der Waals surface area contributed by atoms with E-state index in [4.69, 9.17) is 5.73 Å². The van der Waals surface area contributed by atoms with Gasteiger partial charge in [-0.05, 0) is 36.2 Å². The normalized spacial score (nSPS) is 14.1. The van der Waals surface area contributed by atoms with Crippen LogP contribution in [0.1, 0.15) is 28.7 Å². The Hall–Kier alpha value is -1.85. The Labute approximate surface area is 116 Å². The minimum Gasteiger partial charge on any atom is -0.388 e. The average Bonchev–Trinajstić information content (AvgIpc) is 2.45. The first-order chi connectivity index (χ1) is 9.56. The Morgan fingerprint density at radius 3 is 2.45 bits per heavy atom. The molecule has 2 rings (SSSR count). The molecule has 3 nitrogen and oxygen atoms in total. The van der Waals surface area contributed by atoms with Gasteiger partial charge < -0.3 is 10.8 Å². The molecule has 0 amide bonds. The average molecular weight is 278 g/mol. The molecule has 1 heterocycles. The topological polar surface area (TPSA) is 59.1 Å². The van der Waals surface area contributed by atoms with E-state index in [0.717, 1.165) is 6.07 Å². The molecule has 0 radical (unpaired) electrons. The molecule has 0 aliphatic carbocycles. The Bertz CT molecular complexity index is 590. The second-order valence-corrected chi connectivity index (χ2v) is 4.66. The van der Waals surface area contributed by atoms with Crippen LogP contribution in [0.2, 0.25) is 0 Å². The summed E-state index contributed by atoms with van der Waals surface area (Å²) in [6, 6.07) is 5.83. The standard InChI is InChI=1S/C15H16F2N2O/c1-9-2-3-12(16)13(14(9)17)15(20)11(8-18)10-4-6-19-7-5-10/h2-7,11,15,20H,8,18H2,1H3. The Kier molecular flexibility index (Phi) is 4.42. The predicted octanol–water partition coefficient (Wildman–Crippen LogP) is 2.44. The molecular weight excluding hydrogens is 262 g/mol. The molecule has 2 atom stereocenters. The maximum atomic E-state index is 14.1. The van der Waals surface area contributed by atoms with Crippen LogP contribution in [0, 0.1) is 18.6 Å². The van der Waals surface area contributed by atoms with E-state index in [2.05, 4.69) is 4.98 Å². The third-order valence-electron chi connectivity index (χ3n) is 3.38. The van der Waals surface area contributed by atoms with Crippen molar-refractivity contribution in [1.29, 1.82) is 0 Å². The minimum atomic E-state index is -1.35. The highest BCUT2D eigenvalue weighted by Gasteiger charge is 2.27. The van der Waals surface area contributed by atoms with Crippen molar-refractivity contribution < 1.29 is 13.9 Å². The number of pyridine rings is 1. The van der Waals surface area contributed by atoms with E-state index in [0.29, 0.717) is 5.56 Å². The monoisotopic (exact) mass is 278 g/mol. The maximum absolute atomic E-state index is 14.1. The quantitative estimate of drug-likeness (QED) is 0.903. The number of halogens is 2. The van der Waals surface area contributed by atoms with Crippen molar-refractivity contribution in [2.75, 3.05) is 6.54 Å². The number of aliphatic hydroxyl groups is 1.